The van der Waals surface area contributed by atoms with Crippen molar-refractivity contribution in [2.75, 3.05) is 10.0 Å². The minimum Gasteiger partial charge on any atom is -0.366 e. The average Bonchev–Trinajstić information content (AvgIpc) is 3.23. The number of sulfonamides is 1. The molecule has 11 heteroatoms. The van der Waals surface area contributed by atoms with Gasteiger partial charge in [0.05, 0.1) is 5.69 Å². The van der Waals surface area contributed by atoms with E-state index in [0.29, 0.717) is 34.4 Å². The second kappa shape index (κ2) is 9.64. The Morgan fingerprint density at radius 2 is 1.78 bits per heavy atom. The van der Waals surface area contributed by atoms with Crippen molar-refractivity contribution in [3.05, 3.63) is 101 Å². The highest BCUT2D eigenvalue weighted by molar-refractivity contribution is 7.92. The summed E-state index contributed by atoms with van der Waals surface area (Å²) in [5.74, 6) is -0.117. The first-order valence-electron chi connectivity index (χ1n) is 11.0. The van der Waals surface area contributed by atoms with Gasteiger partial charge in [-0.1, -0.05) is 54.1 Å². The standard InChI is InChI=1S/C25H20BClFN5O2S/c26-19-15-30-33-24(13-22(31-25(19)33)18-8-1-2-9-20(18)27)29-14-16-6-5-7-17(12-16)32-36(34,35)23-11-4-3-10-21(23)28/h1-13,15,29,32H,14,26H2. The van der Waals surface area contributed by atoms with Crippen LogP contribution in [0.15, 0.2) is 90.0 Å². The number of rotatable bonds is 7. The van der Waals surface area contributed by atoms with Crippen LogP contribution < -0.4 is 15.5 Å². The molecular weight excluding hydrogens is 500 g/mol. The highest BCUT2D eigenvalue weighted by Gasteiger charge is 2.19. The molecule has 0 saturated carbocycles. The predicted octanol–water partition coefficient (Wildman–Crippen LogP) is 3.86. The fraction of sp³-hybridized carbons (Fsp3) is 0.0400. The first-order chi connectivity index (χ1) is 17.3. The summed E-state index contributed by atoms with van der Waals surface area (Å²) in [7, 11) is -2.14. The zero-order valence-electron chi connectivity index (χ0n) is 19.1. The Bertz CT molecular complexity index is 1690. The predicted molar refractivity (Wildman–Crippen MR) is 143 cm³/mol. The molecule has 0 aliphatic rings. The molecule has 0 aliphatic carbocycles. The number of hydrogen-bond acceptors (Lipinski definition) is 5. The van der Waals surface area contributed by atoms with E-state index in [9.17, 15) is 12.8 Å². The Kier molecular flexibility index (Phi) is 6.38. The molecular formula is C25H20BClFN5O2S. The summed E-state index contributed by atoms with van der Waals surface area (Å²) in [6.07, 6.45) is 1.74. The van der Waals surface area contributed by atoms with Crippen molar-refractivity contribution in [1.29, 1.82) is 0 Å². The van der Waals surface area contributed by atoms with Crippen molar-refractivity contribution in [1.82, 2.24) is 14.6 Å². The normalized spacial score (nSPS) is 11.5. The van der Waals surface area contributed by atoms with E-state index in [1.54, 1.807) is 28.9 Å². The molecule has 5 rings (SSSR count). The van der Waals surface area contributed by atoms with Crippen molar-refractivity contribution in [3.63, 3.8) is 0 Å². The summed E-state index contributed by atoms with van der Waals surface area (Å²) >= 11 is 6.41. The Balaban J connectivity index is 1.42. The molecule has 0 aliphatic heterocycles. The monoisotopic (exact) mass is 519 g/mol. The molecule has 180 valence electrons. The van der Waals surface area contributed by atoms with Crippen LogP contribution in [0.1, 0.15) is 5.56 Å². The summed E-state index contributed by atoms with van der Waals surface area (Å²) < 4.78 is 43.5. The minimum absolute atomic E-state index is 0.323. The van der Waals surface area contributed by atoms with Crippen molar-refractivity contribution in [2.45, 2.75) is 11.4 Å². The zero-order chi connectivity index (χ0) is 25.3. The van der Waals surface area contributed by atoms with Crippen LogP contribution in [0.3, 0.4) is 0 Å². The van der Waals surface area contributed by atoms with E-state index >= 15 is 0 Å². The second-order valence-corrected chi connectivity index (χ2v) is 10.2. The first kappa shape index (κ1) is 23.8. The van der Waals surface area contributed by atoms with Crippen LogP contribution in [0.5, 0.6) is 0 Å². The molecule has 2 aromatic heterocycles. The number of nitrogens with one attached hydrogen (secondary N) is 2. The molecule has 3 aromatic carbocycles. The second-order valence-electron chi connectivity index (χ2n) is 8.16. The van der Waals surface area contributed by atoms with Crippen LogP contribution in [0.4, 0.5) is 15.9 Å². The maximum atomic E-state index is 14.0. The Morgan fingerprint density at radius 1 is 1.00 bits per heavy atom. The number of hydrogen-bond donors (Lipinski definition) is 2. The van der Waals surface area contributed by atoms with Crippen molar-refractivity contribution < 1.29 is 12.8 Å². The van der Waals surface area contributed by atoms with Crippen molar-refractivity contribution in [2.24, 2.45) is 0 Å². The van der Waals surface area contributed by atoms with Crippen LogP contribution in [0.2, 0.25) is 5.02 Å². The number of halogens is 2. The van der Waals surface area contributed by atoms with E-state index in [2.05, 4.69) is 15.1 Å². The third-order valence-corrected chi connectivity index (χ3v) is 7.32. The smallest absolute Gasteiger partial charge is 0.264 e. The van der Waals surface area contributed by atoms with Gasteiger partial charge in [0.25, 0.3) is 10.0 Å². The SMILES string of the molecule is Bc1cnn2c(NCc3cccc(NS(=O)(=O)c4ccccc4F)c3)cc(-c3ccccc3Cl)nc12. The number of nitrogens with zero attached hydrogens (tertiary/aromatic N) is 3. The van der Waals surface area contributed by atoms with E-state index in [1.165, 1.54) is 18.2 Å². The minimum atomic E-state index is -4.07. The molecule has 0 fully saturated rings. The molecule has 0 saturated heterocycles. The van der Waals surface area contributed by atoms with Gasteiger partial charge in [0, 0.05) is 35.1 Å². The van der Waals surface area contributed by atoms with E-state index in [1.807, 2.05) is 44.2 Å². The van der Waals surface area contributed by atoms with Gasteiger partial charge in [-0.15, -0.1) is 0 Å². The maximum Gasteiger partial charge on any atom is 0.264 e. The molecule has 0 radical (unpaired) electrons. The molecule has 0 amide bonds. The van der Waals surface area contributed by atoms with E-state index in [4.69, 9.17) is 16.6 Å². The van der Waals surface area contributed by atoms with Crippen molar-refractivity contribution >= 4 is 52.1 Å². The van der Waals surface area contributed by atoms with Gasteiger partial charge in [-0.25, -0.2) is 17.8 Å². The van der Waals surface area contributed by atoms with Gasteiger partial charge < -0.3 is 5.32 Å². The molecule has 36 heavy (non-hydrogen) atoms. The highest BCUT2D eigenvalue weighted by atomic mass is 35.5. The topological polar surface area (TPSA) is 88.4 Å². The summed E-state index contributed by atoms with van der Waals surface area (Å²) in [4.78, 5) is 4.33. The molecule has 2 N–H and O–H groups in total. The quantitative estimate of drug-likeness (QED) is 0.319. The van der Waals surface area contributed by atoms with Gasteiger partial charge in [0.15, 0.2) is 5.65 Å². The third-order valence-electron chi connectivity index (χ3n) is 5.58. The van der Waals surface area contributed by atoms with E-state index < -0.39 is 20.7 Å². The van der Waals surface area contributed by atoms with Crippen LogP contribution >= 0.6 is 11.6 Å². The lowest BCUT2D eigenvalue weighted by atomic mass is 10.0. The van der Waals surface area contributed by atoms with Gasteiger partial charge >= 0.3 is 0 Å². The van der Waals surface area contributed by atoms with Gasteiger partial charge in [-0.3, -0.25) is 4.72 Å². The van der Waals surface area contributed by atoms with Crippen LogP contribution in [-0.4, -0.2) is 30.9 Å². The Morgan fingerprint density at radius 3 is 2.58 bits per heavy atom. The molecule has 0 atom stereocenters. The summed E-state index contributed by atoms with van der Waals surface area (Å²) in [5.41, 5.74) is 4.24. The maximum absolute atomic E-state index is 14.0. The lowest BCUT2D eigenvalue weighted by Gasteiger charge is -2.13. The number of aromatic nitrogens is 3. The largest absolute Gasteiger partial charge is 0.366 e. The van der Waals surface area contributed by atoms with Crippen LogP contribution in [-0.2, 0) is 16.6 Å². The molecule has 7 nitrogen and oxygen atoms in total. The first-order valence-corrected chi connectivity index (χ1v) is 12.9. The third kappa shape index (κ3) is 4.78. The molecule has 0 spiro atoms. The molecule has 5 aromatic rings. The average molecular weight is 520 g/mol. The fourth-order valence-electron chi connectivity index (χ4n) is 3.82. The zero-order valence-corrected chi connectivity index (χ0v) is 20.7. The highest BCUT2D eigenvalue weighted by Crippen LogP contribution is 2.28. The molecule has 0 bridgehead atoms. The van der Waals surface area contributed by atoms with Gasteiger partial charge in [0.2, 0.25) is 0 Å². The fourth-order valence-corrected chi connectivity index (χ4v) is 5.18. The van der Waals surface area contributed by atoms with E-state index in [0.717, 1.165) is 22.7 Å². The van der Waals surface area contributed by atoms with Crippen molar-refractivity contribution in [3.8, 4) is 11.3 Å². The van der Waals surface area contributed by atoms with Gasteiger partial charge in [-0.05, 0) is 41.4 Å². The molecule has 2 heterocycles. The van der Waals surface area contributed by atoms with Crippen LogP contribution in [0.25, 0.3) is 16.9 Å². The summed E-state index contributed by atoms with van der Waals surface area (Å²) in [5, 5.41) is 8.38. The lowest BCUT2D eigenvalue weighted by Crippen LogP contribution is -2.15. The van der Waals surface area contributed by atoms with E-state index in [-0.39, 0.29) is 0 Å². The summed E-state index contributed by atoms with van der Waals surface area (Å²) in [6, 6.07) is 21.5. The Labute approximate surface area is 213 Å². The van der Waals surface area contributed by atoms with Gasteiger partial charge in [0.1, 0.15) is 24.4 Å². The van der Waals surface area contributed by atoms with Crippen LogP contribution in [0, 0.1) is 5.82 Å². The van der Waals surface area contributed by atoms with Gasteiger partial charge in [-0.2, -0.15) is 9.61 Å². The number of fused-ring (bicyclic) bond motifs is 1. The summed E-state index contributed by atoms with van der Waals surface area (Å²) in [6.45, 7) is 0.370. The Hall–Kier alpha value is -3.89. The lowest BCUT2D eigenvalue weighted by molar-refractivity contribution is 0.570. The number of anilines is 2. The number of benzene rings is 3. The molecule has 0 unspecified atom stereocenters.